The summed E-state index contributed by atoms with van der Waals surface area (Å²) in [5, 5.41) is 20.3. The molecule has 0 aromatic heterocycles. The third-order valence-corrected chi connectivity index (χ3v) is 1.38. The number of carboxylic acid groups (broad SMARTS) is 1. The van der Waals surface area contributed by atoms with Gasteiger partial charge in [-0.05, 0) is 13.8 Å². The summed E-state index contributed by atoms with van der Waals surface area (Å²) in [6.45, 7) is 2.20. The molecule has 10 nitrogen and oxygen atoms in total. The van der Waals surface area contributed by atoms with E-state index in [1.807, 2.05) is 0 Å². The Bertz CT molecular complexity index is 273. The van der Waals surface area contributed by atoms with Crippen LogP contribution in [0.5, 0.6) is 0 Å². The standard InChI is InChI=1S/C8H16N3O7/c1-6(2)18-8(14)16-5-17-9-11(15)10(3)4-7(12)13/h6,9H,4-5H2,1-3H3,(H,12,13)/q-1. The smallest absolute Gasteiger partial charge is 0.510 e. The van der Waals surface area contributed by atoms with Crippen molar-refractivity contribution in [1.29, 1.82) is 0 Å². The molecule has 0 rings (SSSR count). The normalized spacial score (nSPS) is 11.1. The summed E-state index contributed by atoms with van der Waals surface area (Å²) in [5.74, 6) is -1.18. The fourth-order valence-electron chi connectivity index (χ4n) is 0.715. The number of hydrogen-bond donors (Lipinski definition) is 2. The molecule has 0 spiro atoms. The number of ether oxygens (including phenoxy) is 2. The molecule has 2 N–H and O–H groups in total. The SMILES string of the molecule is CC(C)OC(=O)OCONN([O-])N(C)CC(=O)O. The van der Waals surface area contributed by atoms with Crippen LogP contribution in [-0.2, 0) is 19.1 Å². The second-order valence-corrected chi connectivity index (χ2v) is 3.40. The topological polar surface area (TPSA) is 124 Å². The lowest BCUT2D eigenvalue weighted by Crippen LogP contribution is -2.47. The zero-order valence-electron chi connectivity index (χ0n) is 10.3. The van der Waals surface area contributed by atoms with Crippen molar-refractivity contribution in [2.45, 2.75) is 20.0 Å². The van der Waals surface area contributed by atoms with Crippen LogP contribution in [0.2, 0.25) is 0 Å². The maximum Gasteiger partial charge on any atom is 0.510 e. The van der Waals surface area contributed by atoms with Crippen LogP contribution in [0.25, 0.3) is 0 Å². The molecular weight excluding hydrogens is 250 g/mol. The van der Waals surface area contributed by atoms with Gasteiger partial charge in [0.1, 0.15) is 6.54 Å². The molecule has 0 unspecified atom stereocenters. The third kappa shape index (κ3) is 8.66. The van der Waals surface area contributed by atoms with Crippen molar-refractivity contribution in [2.24, 2.45) is 0 Å². The van der Waals surface area contributed by atoms with Gasteiger partial charge in [0.15, 0.2) is 0 Å². The van der Waals surface area contributed by atoms with Crippen molar-refractivity contribution in [3.63, 3.8) is 0 Å². The first kappa shape index (κ1) is 16.5. The molecule has 0 fully saturated rings. The van der Waals surface area contributed by atoms with Crippen LogP contribution in [-0.4, -0.2) is 54.0 Å². The van der Waals surface area contributed by atoms with E-state index in [2.05, 4.69) is 14.3 Å². The number of hydrazine groups is 2. The van der Waals surface area contributed by atoms with Crippen molar-refractivity contribution in [3.8, 4) is 0 Å². The van der Waals surface area contributed by atoms with Crippen molar-refractivity contribution in [3.05, 3.63) is 5.21 Å². The number of aliphatic carboxylic acids is 1. The van der Waals surface area contributed by atoms with Crippen molar-refractivity contribution >= 4 is 12.1 Å². The minimum absolute atomic E-state index is 0.0330. The number of carbonyl (C=O) groups excluding carboxylic acids is 1. The highest BCUT2D eigenvalue weighted by molar-refractivity contribution is 5.68. The quantitative estimate of drug-likeness (QED) is 0.261. The molecule has 106 valence electrons. The predicted octanol–water partition coefficient (Wildman–Crippen LogP) is -0.327. The van der Waals surface area contributed by atoms with Gasteiger partial charge in [0.25, 0.3) is 0 Å². The van der Waals surface area contributed by atoms with Crippen LogP contribution in [0, 0.1) is 5.21 Å². The summed E-state index contributed by atoms with van der Waals surface area (Å²) in [7, 11) is 1.23. The van der Waals surface area contributed by atoms with Gasteiger partial charge in [-0.1, -0.05) is 0 Å². The van der Waals surface area contributed by atoms with E-state index in [0.717, 1.165) is 5.01 Å². The van der Waals surface area contributed by atoms with Gasteiger partial charge in [-0.25, -0.2) is 19.9 Å². The van der Waals surface area contributed by atoms with Crippen LogP contribution in [0.4, 0.5) is 4.79 Å². The minimum Gasteiger partial charge on any atom is -0.756 e. The van der Waals surface area contributed by atoms with Gasteiger partial charge >= 0.3 is 12.1 Å². The van der Waals surface area contributed by atoms with Crippen LogP contribution >= 0.6 is 0 Å². The summed E-state index contributed by atoms with van der Waals surface area (Å²) >= 11 is 0. The van der Waals surface area contributed by atoms with Gasteiger partial charge in [-0.3, -0.25) is 4.79 Å². The number of nitrogens with one attached hydrogen (secondary N) is 1. The Morgan fingerprint density at radius 2 is 2.06 bits per heavy atom. The van der Waals surface area contributed by atoms with Gasteiger partial charge in [0.2, 0.25) is 6.79 Å². The first-order chi connectivity index (χ1) is 8.32. The predicted molar refractivity (Wildman–Crippen MR) is 57.3 cm³/mol. The van der Waals surface area contributed by atoms with E-state index < -0.39 is 25.5 Å². The van der Waals surface area contributed by atoms with Crippen molar-refractivity contribution < 1.29 is 29.0 Å². The fourth-order valence-corrected chi connectivity index (χ4v) is 0.715. The number of nitrogens with zero attached hydrogens (tertiary/aromatic N) is 2. The fraction of sp³-hybridized carbons (Fsp3) is 0.750. The molecule has 0 saturated carbocycles. The van der Waals surface area contributed by atoms with E-state index in [1.54, 1.807) is 19.4 Å². The second-order valence-electron chi connectivity index (χ2n) is 3.40. The maximum atomic E-state index is 11.1. The average Bonchev–Trinajstić information content (AvgIpc) is 2.21. The molecule has 0 aromatic rings. The largest absolute Gasteiger partial charge is 0.756 e. The molecule has 0 aliphatic heterocycles. The number of carbonyl (C=O) groups is 2. The number of hydrogen-bond acceptors (Lipinski definition) is 9. The lowest BCUT2D eigenvalue weighted by Gasteiger charge is -2.34. The Labute approximate surface area is 103 Å². The first-order valence-electron chi connectivity index (χ1n) is 4.94. The molecule has 0 aliphatic rings. The summed E-state index contributed by atoms with van der Waals surface area (Å²) in [6, 6.07) is 0. The van der Waals surface area contributed by atoms with Crippen LogP contribution in [0.3, 0.4) is 0 Å². The molecule has 0 amide bonds. The zero-order valence-corrected chi connectivity index (χ0v) is 10.3. The Kier molecular flexibility index (Phi) is 7.91. The molecule has 0 bridgehead atoms. The summed E-state index contributed by atoms with van der Waals surface area (Å²) in [5.41, 5.74) is 1.80. The number of carboxylic acids is 1. The van der Waals surface area contributed by atoms with E-state index in [0.29, 0.717) is 0 Å². The van der Waals surface area contributed by atoms with Gasteiger partial charge in [-0.2, -0.15) is 0 Å². The third-order valence-electron chi connectivity index (χ3n) is 1.38. The first-order valence-corrected chi connectivity index (χ1v) is 4.94. The van der Waals surface area contributed by atoms with Gasteiger partial charge in [0, 0.05) is 7.05 Å². The van der Waals surface area contributed by atoms with E-state index in [4.69, 9.17) is 5.11 Å². The molecule has 10 heteroatoms. The Morgan fingerprint density at radius 1 is 1.44 bits per heavy atom. The molecule has 0 aromatic carbocycles. The highest BCUT2D eigenvalue weighted by atomic mass is 16.9. The number of likely N-dealkylation sites (N-methyl/N-ethyl adjacent to an activating group) is 1. The molecule has 0 heterocycles. The molecule has 18 heavy (non-hydrogen) atoms. The van der Waals surface area contributed by atoms with Crippen LogP contribution in [0.15, 0.2) is 0 Å². The monoisotopic (exact) mass is 266 g/mol. The summed E-state index contributed by atoms with van der Waals surface area (Å²) in [4.78, 5) is 25.6. The Morgan fingerprint density at radius 3 is 2.56 bits per heavy atom. The molecule has 0 aliphatic carbocycles. The van der Waals surface area contributed by atoms with E-state index in [-0.39, 0.29) is 11.4 Å². The van der Waals surface area contributed by atoms with E-state index in [9.17, 15) is 14.8 Å². The lowest BCUT2D eigenvalue weighted by molar-refractivity contribution is -0.192. The Hall–Kier alpha value is -1.46. The Balaban J connectivity index is 3.65. The molecule has 0 atom stereocenters. The highest BCUT2D eigenvalue weighted by Gasteiger charge is 2.08. The molecular formula is C8H16N3O7-. The van der Waals surface area contributed by atoms with Crippen molar-refractivity contribution in [1.82, 2.24) is 15.9 Å². The molecule has 0 radical (unpaired) electrons. The number of rotatable bonds is 8. The second kappa shape index (κ2) is 8.60. The van der Waals surface area contributed by atoms with Gasteiger partial charge < -0.3 is 19.8 Å². The maximum absolute atomic E-state index is 11.1. The summed E-state index contributed by atoms with van der Waals surface area (Å²) < 4.78 is 9.03. The van der Waals surface area contributed by atoms with Crippen LogP contribution < -0.4 is 5.59 Å². The highest BCUT2D eigenvalue weighted by Crippen LogP contribution is 1.93. The van der Waals surface area contributed by atoms with Crippen LogP contribution in [0.1, 0.15) is 13.8 Å². The molecule has 0 saturated heterocycles. The minimum atomic E-state index is -1.18. The summed E-state index contributed by atoms with van der Waals surface area (Å²) in [6.07, 6.45) is -1.27. The van der Waals surface area contributed by atoms with Crippen molar-refractivity contribution in [2.75, 3.05) is 20.4 Å². The van der Waals surface area contributed by atoms with E-state index in [1.165, 1.54) is 7.05 Å². The van der Waals surface area contributed by atoms with Gasteiger partial charge in [0.05, 0.1) is 6.10 Å². The lowest BCUT2D eigenvalue weighted by atomic mass is 10.5. The zero-order chi connectivity index (χ0) is 14.1. The average molecular weight is 266 g/mol. The van der Waals surface area contributed by atoms with E-state index >= 15 is 0 Å². The van der Waals surface area contributed by atoms with Gasteiger partial charge in [-0.15, -0.1) is 5.59 Å².